The predicted octanol–water partition coefficient (Wildman–Crippen LogP) is 1.60. The Labute approximate surface area is 120 Å². The molecule has 3 N–H and O–H groups in total. The van der Waals surface area contributed by atoms with Gasteiger partial charge in [-0.05, 0) is 37.5 Å². The Hall–Kier alpha value is -1.30. The number of carboxylic acids is 1. The SMILES string of the molecule is COCCC(C)(C)CNC(=O)NC(C)(C(=O)O)C1CC1. The third kappa shape index (κ3) is 4.67. The molecule has 1 aliphatic carbocycles. The van der Waals surface area contributed by atoms with Crippen LogP contribution in [0.1, 0.15) is 40.0 Å². The van der Waals surface area contributed by atoms with Gasteiger partial charge in [0, 0.05) is 20.3 Å². The van der Waals surface area contributed by atoms with Gasteiger partial charge in [-0.3, -0.25) is 0 Å². The number of hydrogen-bond acceptors (Lipinski definition) is 3. The summed E-state index contributed by atoms with van der Waals surface area (Å²) >= 11 is 0. The van der Waals surface area contributed by atoms with Crippen LogP contribution in [-0.4, -0.2) is 42.9 Å². The predicted molar refractivity (Wildman–Crippen MR) is 75.6 cm³/mol. The third-order valence-corrected chi connectivity index (χ3v) is 3.92. The third-order valence-electron chi connectivity index (χ3n) is 3.92. The van der Waals surface area contributed by atoms with Crippen LogP contribution in [0, 0.1) is 11.3 Å². The van der Waals surface area contributed by atoms with E-state index in [0.29, 0.717) is 13.2 Å². The lowest BCUT2D eigenvalue weighted by Crippen LogP contribution is -2.57. The van der Waals surface area contributed by atoms with Crippen molar-refractivity contribution in [3.63, 3.8) is 0 Å². The molecular formula is C14H26N2O4. The minimum absolute atomic E-state index is 0.0345. The van der Waals surface area contributed by atoms with E-state index in [2.05, 4.69) is 10.6 Å². The van der Waals surface area contributed by atoms with Gasteiger partial charge in [-0.25, -0.2) is 9.59 Å². The van der Waals surface area contributed by atoms with Crippen molar-refractivity contribution in [2.75, 3.05) is 20.3 Å². The van der Waals surface area contributed by atoms with E-state index < -0.39 is 17.5 Å². The molecule has 0 saturated heterocycles. The molecule has 1 unspecified atom stereocenters. The fraction of sp³-hybridized carbons (Fsp3) is 0.857. The maximum absolute atomic E-state index is 11.9. The summed E-state index contributed by atoms with van der Waals surface area (Å²) in [4.78, 5) is 23.2. The van der Waals surface area contributed by atoms with Gasteiger partial charge in [0.05, 0.1) is 0 Å². The molecule has 0 spiro atoms. The Morgan fingerprint density at radius 3 is 2.35 bits per heavy atom. The van der Waals surface area contributed by atoms with Crippen LogP contribution >= 0.6 is 0 Å². The van der Waals surface area contributed by atoms with E-state index in [0.717, 1.165) is 19.3 Å². The first-order valence-electron chi connectivity index (χ1n) is 6.99. The smallest absolute Gasteiger partial charge is 0.329 e. The van der Waals surface area contributed by atoms with Crippen LogP contribution < -0.4 is 10.6 Å². The van der Waals surface area contributed by atoms with Crippen molar-refractivity contribution < 1.29 is 19.4 Å². The summed E-state index contributed by atoms with van der Waals surface area (Å²) in [6.07, 6.45) is 2.52. The number of rotatable bonds is 8. The number of ether oxygens (including phenoxy) is 1. The first-order valence-corrected chi connectivity index (χ1v) is 6.99. The van der Waals surface area contributed by atoms with Gasteiger partial charge in [-0.15, -0.1) is 0 Å². The summed E-state index contributed by atoms with van der Waals surface area (Å²) in [6, 6.07) is -0.424. The monoisotopic (exact) mass is 286 g/mol. The highest BCUT2D eigenvalue weighted by atomic mass is 16.5. The van der Waals surface area contributed by atoms with Crippen LogP contribution in [0.15, 0.2) is 0 Å². The molecule has 6 heteroatoms. The zero-order valence-electron chi connectivity index (χ0n) is 12.8. The maximum atomic E-state index is 11.9. The van der Waals surface area contributed by atoms with Gasteiger partial charge in [-0.1, -0.05) is 13.8 Å². The van der Waals surface area contributed by atoms with E-state index in [1.165, 1.54) is 0 Å². The molecule has 1 atom stereocenters. The van der Waals surface area contributed by atoms with Crippen LogP contribution in [0.4, 0.5) is 4.79 Å². The number of urea groups is 1. The zero-order valence-corrected chi connectivity index (χ0v) is 12.8. The molecule has 1 saturated carbocycles. The number of methoxy groups -OCH3 is 1. The van der Waals surface area contributed by atoms with Crippen molar-refractivity contribution in [1.82, 2.24) is 10.6 Å². The van der Waals surface area contributed by atoms with E-state index in [4.69, 9.17) is 4.74 Å². The molecule has 1 rings (SSSR count). The van der Waals surface area contributed by atoms with Gasteiger partial charge in [0.1, 0.15) is 5.54 Å². The lowest BCUT2D eigenvalue weighted by Gasteiger charge is -2.29. The fourth-order valence-electron chi connectivity index (χ4n) is 2.06. The molecule has 0 bridgehead atoms. The van der Waals surface area contributed by atoms with Gasteiger partial charge in [-0.2, -0.15) is 0 Å². The van der Waals surface area contributed by atoms with Crippen LogP contribution in [0.5, 0.6) is 0 Å². The van der Waals surface area contributed by atoms with Gasteiger partial charge >= 0.3 is 12.0 Å². The fourth-order valence-corrected chi connectivity index (χ4v) is 2.06. The van der Waals surface area contributed by atoms with Crippen molar-refractivity contribution >= 4 is 12.0 Å². The molecular weight excluding hydrogens is 260 g/mol. The molecule has 0 heterocycles. The standard InChI is InChI=1S/C14H26N2O4/c1-13(2,7-8-20-4)9-15-12(19)16-14(3,11(17)18)10-5-6-10/h10H,5-9H2,1-4H3,(H,17,18)(H2,15,16,19). The minimum Gasteiger partial charge on any atom is -0.480 e. The molecule has 6 nitrogen and oxygen atoms in total. The number of amides is 2. The highest BCUT2D eigenvalue weighted by molar-refractivity contribution is 5.86. The summed E-state index contributed by atoms with van der Waals surface area (Å²) in [5.74, 6) is -0.943. The van der Waals surface area contributed by atoms with E-state index in [-0.39, 0.29) is 11.3 Å². The van der Waals surface area contributed by atoms with E-state index in [1.54, 1.807) is 14.0 Å². The summed E-state index contributed by atoms with van der Waals surface area (Å²) in [5.41, 5.74) is -1.26. The molecule has 0 radical (unpaired) electrons. The van der Waals surface area contributed by atoms with Crippen LogP contribution in [0.3, 0.4) is 0 Å². The highest BCUT2D eigenvalue weighted by Gasteiger charge is 2.48. The lowest BCUT2D eigenvalue weighted by molar-refractivity contribution is -0.144. The molecule has 0 aromatic carbocycles. The van der Waals surface area contributed by atoms with Crippen molar-refractivity contribution in [2.24, 2.45) is 11.3 Å². The second kappa shape index (κ2) is 6.43. The summed E-state index contributed by atoms with van der Waals surface area (Å²) in [6.45, 7) is 6.74. The van der Waals surface area contributed by atoms with Gasteiger partial charge in [0.2, 0.25) is 0 Å². The number of carbonyl (C=O) groups is 2. The average Bonchev–Trinajstić information content (AvgIpc) is 3.18. The van der Waals surface area contributed by atoms with Crippen molar-refractivity contribution in [3.05, 3.63) is 0 Å². The number of carboxylic acid groups (broad SMARTS) is 1. The molecule has 116 valence electrons. The molecule has 20 heavy (non-hydrogen) atoms. The minimum atomic E-state index is -1.17. The second-order valence-corrected chi connectivity index (χ2v) is 6.50. The highest BCUT2D eigenvalue weighted by Crippen LogP contribution is 2.39. The van der Waals surface area contributed by atoms with Crippen molar-refractivity contribution in [3.8, 4) is 0 Å². The Morgan fingerprint density at radius 1 is 1.30 bits per heavy atom. The molecule has 2 amide bonds. The van der Waals surface area contributed by atoms with Crippen molar-refractivity contribution in [1.29, 1.82) is 0 Å². The molecule has 0 aromatic heterocycles. The number of carbonyl (C=O) groups excluding carboxylic acids is 1. The van der Waals surface area contributed by atoms with Crippen LogP contribution in [0.2, 0.25) is 0 Å². The Morgan fingerprint density at radius 2 is 1.90 bits per heavy atom. The van der Waals surface area contributed by atoms with Gasteiger partial charge in [0.25, 0.3) is 0 Å². The first-order chi connectivity index (χ1) is 9.21. The lowest BCUT2D eigenvalue weighted by atomic mass is 9.90. The van der Waals surface area contributed by atoms with E-state index in [1.807, 2.05) is 13.8 Å². The Balaban J connectivity index is 2.45. The van der Waals surface area contributed by atoms with E-state index >= 15 is 0 Å². The van der Waals surface area contributed by atoms with E-state index in [9.17, 15) is 14.7 Å². The molecule has 1 aliphatic rings. The second-order valence-electron chi connectivity index (χ2n) is 6.50. The number of aliphatic carboxylic acids is 1. The van der Waals surface area contributed by atoms with Crippen molar-refractivity contribution in [2.45, 2.75) is 45.6 Å². The number of hydrogen-bond donors (Lipinski definition) is 3. The quantitative estimate of drug-likeness (QED) is 0.632. The van der Waals surface area contributed by atoms with Gasteiger partial charge < -0.3 is 20.5 Å². The largest absolute Gasteiger partial charge is 0.480 e. The zero-order chi connectivity index (χ0) is 15.4. The summed E-state index contributed by atoms with van der Waals surface area (Å²) in [7, 11) is 1.64. The Bertz CT molecular complexity index is 366. The summed E-state index contributed by atoms with van der Waals surface area (Å²) in [5, 5.41) is 14.6. The molecule has 1 fully saturated rings. The van der Waals surface area contributed by atoms with Gasteiger partial charge in [0.15, 0.2) is 0 Å². The normalized spacial score (nSPS) is 18.2. The first kappa shape index (κ1) is 16.8. The van der Waals surface area contributed by atoms with Crippen LogP contribution in [-0.2, 0) is 9.53 Å². The average molecular weight is 286 g/mol. The molecule has 0 aliphatic heterocycles. The maximum Gasteiger partial charge on any atom is 0.329 e. The summed E-state index contributed by atoms with van der Waals surface area (Å²) < 4.78 is 5.03. The Kier molecular flexibility index (Phi) is 5.39. The molecule has 0 aromatic rings. The van der Waals surface area contributed by atoms with Crippen LogP contribution in [0.25, 0.3) is 0 Å². The number of nitrogens with one attached hydrogen (secondary N) is 2. The topological polar surface area (TPSA) is 87.7 Å².